The summed E-state index contributed by atoms with van der Waals surface area (Å²) < 4.78 is 17.2. The van der Waals surface area contributed by atoms with Crippen LogP contribution in [0.4, 0.5) is 0 Å². The van der Waals surface area contributed by atoms with Crippen molar-refractivity contribution >= 4 is 18.6 Å². The number of aryl methyl sites for hydroxylation is 1. The van der Waals surface area contributed by atoms with E-state index in [9.17, 15) is 4.79 Å². The highest BCUT2D eigenvalue weighted by atomic mass is 16.7. The normalized spacial score (nSPS) is 19.9. The van der Waals surface area contributed by atoms with E-state index < -0.39 is 18.3 Å². The Morgan fingerprint density at radius 1 is 1.19 bits per heavy atom. The van der Waals surface area contributed by atoms with Gasteiger partial charge in [-0.25, -0.2) is 4.79 Å². The molecule has 6 heteroatoms. The van der Waals surface area contributed by atoms with Crippen molar-refractivity contribution in [1.29, 1.82) is 0 Å². The molecular formula is C15H24BNO4. The van der Waals surface area contributed by atoms with Gasteiger partial charge in [0.15, 0.2) is 0 Å². The van der Waals surface area contributed by atoms with E-state index >= 15 is 0 Å². The first kappa shape index (κ1) is 16.1. The van der Waals surface area contributed by atoms with Gasteiger partial charge in [-0.3, -0.25) is 0 Å². The van der Waals surface area contributed by atoms with E-state index in [4.69, 9.17) is 14.0 Å². The van der Waals surface area contributed by atoms with Gasteiger partial charge in [-0.1, -0.05) is 0 Å². The van der Waals surface area contributed by atoms with Gasteiger partial charge in [0.1, 0.15) is 5.69 Å². The van der Waals surface area contributed by atoms with E-state index in [1.807, 2.05) is 41.5 Å². The third-order valence-electron chi connectivity index (χ3n) is 4.52. The third kappa shape index (κ3) is 2.62. The summed E-state index contributed by atoms with van der Waals surface area (Å²) in [5.74, 6) is -0.376. The SMILES string of the molecule is CCOC(=O)c1[nH]c(C)c(C)c1B1OC(C)(C)C(C)(C)O1. The van der Waals surface area contributed by atoms with Crippen molar-refractivity contribution in [3.05, 3.63) is 17.0 Å². The smallest absolute Gasteiger partial charge is 0.461 e. The maximum atomic E-state index is 12.1. The number of aromatic amines is 1. The second-order valence-electron chi connectivity index (χ2n) is 6.47. The zero-order valence-electron chi connectivity index (χ0n) is 13.9. The maximum absolute atomic E-state index is 12.1. The zero-order valence-corrected chi connectivity index (χ0v) is 13.9. The van der Waals surface area contributed by atoms with Crippen LogP contribution >= 0.6 is 0 Å². The van der Waals surface area contributed by atoms with Crippen LogP contribution in [-0.2, 0) is 14.0 Å². The van der Waals surface area contributed by atoms with E-state index in [0.717, 1.165) is 16.7 Å². The van der Waals surface area contributed by atoms with Crippen molar-refractivity contribution in [2.24, 2.45) is 0 Å². The number of ether oxygens (including phenoxy) is 1. The van der Waals surface area contributed by atoms with E-state index in [0.29, 0.717) is 12.3 Å². The summed E-state index contributed by atoms with van der Waals surface area (Å²) >= 11 is 0. The largest absolute Gasteiger partial charge is 0.497 e. The van der Waals surface area contributed by atoms with Gasteiger partial charge in [-0.15, -0.1) is 0 Å². The lowest BCUT2D eigenvalue weighted by Gasteiger charge is -2.32. The molecule has 1 saturated heterocycles. The predicted octanol–water partition coefficient (Wildman–Crippen LogP) is 2.11. The molecular weight excluding hydrogens is 269 g/mol. The number of esters is 1. The Balaban J connectivity index is 2.43. The van der Waals surface area contributed by atoms with Crippen LogP contribution in [0.1, 0.15) is 56.4 Å². The highest BCUT2D eigenvalue weighted by Gasteiger charge is 2.53. The number of hydrogen-bond donors (Lipinski definition) is 1. The standard InChI is InChI=1S/C15H24BNO4/c1-8-19-13(18)12-11(9(2)10(3)17-12)16-20-14(4,5)15(6,7)21-16/h17H,8H2,1-7H3. The molecule has 0 aromatic carbocycles. The molecule has 0 unspecified atom stereocenters. The number of carbonyl (C=O) groups is 1. The molecule has 1 aromatic heterocycles. The van der Waals surface area contributed by atoms with Crippen LogP contribution in [0.15, 0.2) is 0 Å². The molecule has 1 aromatic rings. The summed E-state index contributed by atoms with van der Waals surface area (Å²) in [5.41, 5.74) is 2.16. The molecule has 0 bridgehead atoms. The Bertz CT molecular complexity index is 546. The minimum Gasteiger partial charge on any atom is -0.461 e. The maximum Gasteiger partial charge on any atom is 0.497 e. The molecule has 0 aliphatic carbocycles. The lowest BCUT2D eigenvalue weighted by Crippen LogP contribution is -2.41. The number of nitrogens with one attached hydrogen (secondary N) is 1. The van der Waals surface area contributed by atoms with Crippen LogP contribution in [-0.4, -0.2) is 35.9 Å². The molecule has 1 aliphatic heterocycles. The summed E-state index contributed by atoms with van der Waals surface area (Å²) in [6, 6.07) is 0. The average molecular weight is 293 g/mol. The summed E-state index contributed by atoms with van der Waals surface area (Å²) in [7, 11) is -0.570. The molecule has 0 spiro atoms. The lowest BCUT2D eigenvalue weighted by molar-refractivity contribution is 0.00578. The van der Waals surface area contributed by atoms with Crippen LogP contribution < -0.4 is 5.46 Å². The molecule has 21 heavy (non-hydrogen) atoms. The summed E-state index contributed by atoms with van der Waals surface area (Å²) in [5, 5.41) is 0. The van der Waals surface area contributed by atoms with E-state index in [2.05, 4.69) is 4.98 Å². The van der Waals surface area contributed by atoms with Crippen molar-refractivity contribution in [2.75, 3.05) is 6.61 Å². The topological polar surface area (TPSA) is 60.6 Å². The summed E-state index contributed by atoms with van der Waals surface area (Å²) in [4.78, 5) is 15.2. The number of H-pyrrole nitrogens is 1. The number of aromatic nitrogens is 1. The molecule has 0 amide bonds. The van der Waals surface area contributed by atoms with E-state index in [1.165, 1.54) is 0 Å². The highest BCUT2D eigenvalue weighted by Crippen LogP contribution is 2.37. The van der Waals surface area contributed by atoms with Gasteiger partial charge in [-0.2, -0.15) is 0 Å². The Morgan fingerprint density at radius 3 is 2.19 bits per heavy atom. The molecule has 2 rings (SSSR count). The molecule has 1 aliphatic rings. The molecule has 0 atom stereocenters. The van der Waals surface area contributed by atoms with Crippen molar-refractivity contribution < 1.29 is 18.8 Å². The highest BCUT2D eigenvalue weighted by molar-refractivity contribution is 6.64. The fourth-order valence-electron chi connectivity index (χ4n) is 2.36. The van der Waals surface area contributed by atoms with Crippen LogP contribution in [0.3, 0.4) is 0 Å². The van der Waals surface area contributed by atoms with E-state index in [1.54, 1.807) is 6.92 Å². The van der Waals surface area contributed by atoms with Gasteiger partial charge in [0, 0.05) is 11.2 Å². The van der Waals surface area contributed by atoms with Gasteiger partial charge < -0.3 is 19.0 Å². The Labute approximate surface area is 126 Å². The lowest BCUT2D eigenvalue weighted by atomic mass is 9.76. The van der Waals surface area contributed by atoms with Crippen LogP contribution in [0.2, 0.25) is 0 Å². The summed E-state index contributed by atoms with van der Waals surface area (Å²) in [6.45, 7) is 14.0. The number of rotatable bonds is 3. The molecule has 0 radical (unpaired) electrons. The van der Waals surface area contributed by atoms with Gasteiger partial charge >= 0.3 is 13.1 Å². The fraction of sp³-hybridized carbons (Fsp3) is 0.667. The first-order chi connectivity index (χ1) is 9.60. The molecule has 0 saturated carbocycles. The second kappa shape index (κ2) is 5.18. The average Bonchev–Trinajstić information content (AvgIpc) is 2.75. The first-order valence-corrected chi connectivity index (χ1v) is 7.32. The Kier molecular flexibility index (Phi) is 3.97. The van der Waals surface area contributed by atoms with Crippen LogP contribution in [0.5, 0.6) is 0 Å². The van der Waals surface area contributed by atoms with Crippen molar-refractivity contribution in [3.63, 3.8) is 0 Å². The zero-order chi connectivity index (χ0) is 16.0. The van der Waals surface area contributed by atoms with Gasteiger partial charge in [0.25, 0.3) is 0 Å². The molecule has 116 valence electrons. The summed E-state index contributed by atoms with van der Waals surface area (Å²) in [6.07, 6.45) is 0. The van der Waals surface area contributed by atoms with Crippen molar-refractivity contribution in [2.45, 2.75) is 59.7 Å². The quantitative estimate of drug-likeness (QED) is 0.685. The molecule has 2 heterocycles. The minimum absolute atomic E-state index is 0.332. The van der Waals surface area contributed by atoms with Crippen LogP contribution in [0, 0.1) is 13.8 Å². The number of hydrogen-bond acceptors (Lipinski definition) is 4. The second-order valence-corrected chi connectivity index (χ2v) is 6.47. The fourth-order valence-corrected chi connectivity index (χ4v) is 2.36. The molecule has 5 nitrogen and oxygen atoms in total. The Morgan fingerprint density at radius 2 is 1.71 bits per heavy atom. The first-order valence-electron chi connectivity index (χ1n) is 7.32. The van der Waals surface area contributed by atoms with Crippen molar-refractivity contribution in [1.82, 2.24) is 4.98 Å². The van der Waals surface area contributed by atoms with Gasteiger partial charge in [0.2, 0.25) is 0 Å². The predicted molar refractivity (Wildman–Crippen MR) is 81.9 cm³/mol. The van der Waals surface area contributed by atoms with E-state index in [-0.39, 0.29) is 5.97 Å². The molecule has 1 fully saturated rings. The number of carbonyl (C=O) groups excluding carboxylic acids is 1. The third-order valence-corrected chi connectivity index (χ3v) is 4.52. The van der Waals surface area contributed by atoms with Crippen molar-refractivity contribution in [3.8, 4) is 0 Å². The Hall–Kier alpha value is -1.27. The van der Waals surface area contributed by atoms with Gasteiger partial charge in [-0.05, 0) is 54.0 Å². The monoisotopic (exact) mass is 293 g/mol. The van der Waals surface area contributed by atoms with Gasteiger partial charge in [0.05, 0.1) is 17.8 Å². The minimum atomic E-state index is -0.570. The molecule has 1 N–H and O–H groups in total. The van der Waals surface area contributed by atoms with Crippen LogP contribution in [0.25, 0.3) is 0 Å².